The van der Waals surface area contributed by atoms with Crippen molar-refractivity contribution in [1.82, 2.24) is 4.98 Å². The fourth-order valence-electron chi connectivity index (χ4n) is 2.00. The molecule has 0 aliphatic carbocycles. The van der Waals surface area contributed by atoms with Crippen molar-refractivity contribution in [2.24, 2.45) is 0 Å². The highest BCUT2D eigenvalue weighted by Gasteiger charge is 2.37. The van der Waals surface area contributed by atoms with E-state index in [2.05, 4.69) is 4.98 Å². The lowest BCUT2D eigenvalue weighted by molar-refractivity contribution is -0.140. The molecule has 1 heterocycles. The van der Waals surface area contributed by atoms with Gasteiger partial charge in [-0.25, -0.2) is 0 Å². The largest absolute Gasteiger partial charge is 0.433 e. The fraction of sp³-hybridized carbons (Fsp3) is 0.214. The smallest absolute Gasteiger partial charge is 0.251 e. The van der Waals surface area contributed by atoms with Crippen LogP contribution < -0.4 is 0 Å². The van der Waals surface area contributed by atoms with E-state index >= 15 is 0 Å². The maximum absolute atomic E-state index is 13.1. The summed E-state index contributed by atoms with van der Waals surface area (Å²) in [5, 5.41) is 0. The van der Waals surface area contributed by atoms with E-state index in [1.165, 1.54) is 6.07 Å². The normalized spacial score (nSPS) is 12.5. The quantitative estimate of drug-likeness (QED) is 0.518. The monoisotopic (exact) mass is 339 g/mol. The predicted molar refractivity (Wildman–Crippen MR) is 69.2 cm³/mol. The van der Waals surface area contributed by atoms with Crippen LogP contribution in [-0.4, -0.2) is 4.98 Å². The molecule has 0 aliphatic rings. The lowest BCUT2D eigenvalue weighted by Gasteiger charge is -2.16. The zero-order chi connectivity index (χ0) is 16.5. The molecule has 0 bridgehead atoms. The molecular formula is C14H8ClF6N. The van der Waals surface area contributed by atoms with E-state index in [9.17, 15) is 26.3 Å². The summed E-state index contributed by atoms with van der Waals surface area (Å²) < 4.78 is 77.4. The minimum Gasteiger partial charge on any atom is -0.251 e. The van der Waals surface area contributed by atoms with Crippen molar-refractivity contribution in [2.45, 2.75) is 18.2 Å². The van der Waals surface area contributed by atoms with Crippen molar-refractivity contribution in [3.63, 3.8) is 0 Å². The Morgan fingerprint density at radius 2 is 1.64 bits per heavy atom. The van der Waals surface area contributed by atoms with E-state index < -0.39 is 29.2 Å². The second-order valence-electron chi connectivity index (χ2n) is 4.40. The number of nitrogens with zero attached hydrogens (tertiary/aromatic N) is 1. The molecule has 0 spiro atoms. The highest BCUT2D eigenvalue weighted by molar-refractivity contribution is 6.17. The first-order valence-corrected chi connectivity index (χ1v) is 6.46. The Hall–Kier alpha value is -1.76. The summed E-state index contributed by atoms with van der Waals surface area (Å²) in [5.41, 5.74) is -2.90. The summed E-state index contributed by atoms with van der Waals surface area (Å²) in [4.78, 5) is 3.26. The van der Waals surface area contributed by atoms with Crippen LogP contribution in [0.4, 0.5) is 26.3 Å². The lowest BCUT2D eigenvalue weighted by Crippen LogP contribution is -2.12. The average Bonchev–Trinajstić information content (AvgIpc) is 2.44. The van der Waals surface area contributed by atoms with Crippen molar-refractivity contribution >= 4 is 11.6 Å². The van der Waals surface area contributed by atoms with E-state index in [1.807, 2.05) is 0 Å². The Labute approximate surface area is 126 Å². The first kappa shape index (κ1) is 16.6. The van der Waals surface area contributed by atoms with Gasteiger partial charge in [-0.15, -0.1) is 11.6 Å². The molecule has 0 saturated heterocycles. The molecule has 0 fully saturated rings. The summed E-state index contributed by atoms with van der Waals surface area (Å²) >= 11 is 5.62. The molecule has 0 atom stereocenters. The number of halogens is 7. The topological polar surface area (TPSA) is 12.9 Å². The summed E-state index contributed by atoms with van der Waals surface area (Å²) in [6.07, 6.45) is -8.53. The minimum atomic E-state index is -4.80. The Bertz CT molecular complexity index is 678. The van der Waals surface area contributed by atoms with Crippen LogP contribution in [0.3, 0.4) is 0 Å². The van der Waals surface area contributed by atoms with Gasteiger partial charge >= 0.3 is 12.4 Å². The number of pyridine rings is 1. The lowest BCUT2D eigenvalue weighted by atomic mass is 9.97. The third-order valence-electron chi connectivity index (χ3n) is 2.93. The van der Waals surface area contributed by atoms with E-state index in [-0.39, 0.29) is 17.0 Å². The zero-order valence-electron chi connectivity index (χ0n) is 10.8. The molecule has 2 aromatic rings. The number of rotatable bonds is 2. The van der Waals surface area contributed by atoms with Crippen molar-refractivity contribution in [3.8, 4) is 11.1 Å². The minimum absolute atomic E-state index is 0.0586. The molecule has 0 radical (unpaired) electrons. The maximum atomic E-state index is 13.1. The molecule has 0 N–H and O–H groups in total. The van der Waals surface area contributed by atoms with Gasteiger partial charge in [0.25, 0.3) is 0 Å². The van der Waals surface area contributed by atoms with Gasteiger partial charge in [0.1, 0.15) is 0 Å². The second kappa shape index (κ2) is 5.79. The van der Waals surface area contributed by atoms with Crippen LogP contribution in [0, 0.1) is 0 Å². The van der Waals surface area contributed by atoms with Crippen molar-refractivity contribution in [1.29, 1.82) is 0 Å². The Morgan fingerprint density at radius 1 is 0.955 bits per heavy atom. The summed E-state index contributed by atoms with van der Waals surface area (Å²) in [6.45, 7) is 0. The van der Waals surface area contributed by atoms with Crippen LogP contribution in [0.25, 0.3) is 11.1 Å². The van der Waals surface area contributed by atoms with Gasteiger partial charge < -0.3 is 0 Å². The van der Waals surface area contributed by atoms with Gasteiger partial charge in [-0.2, -0.15) is 26.3 Å². The van der Waals surface area contributed by atoms with E-state index in [0.717, 1.165) is 24.4 Å². The standard InChI is InChI=1S/C14H8ClF6N/c15-7-9-4-5-22-12(14(19,20)21)11(9)8-2-1-3-10(6-8)13(16,17)18/h1-6H,7H2. The number of benzene rings is 1. The third-order valence-corrected chi connectivity index (χ3v) is 3.22. The summed E-state index contributed by atoms with van der Waals surface area (Å²) in [7, 11) is 0. The van der Waals surface area contributed by atoms with Gasteiger partial charge in [0, 0.05) is 17.6 Å². The van der Waals surface area contributed by atoms with Gasteiger partial charge in [0.05, 0.1) is 5.56 Å². The first-order chi connectivity index (χ1) is 10.1. The van der Waals surface area contributed by atoms with Crippen LogP contribution in [0.1, 0.15) is 16.8 Å². The highest BCUT2D eigenvalue weighted by Crippen LogP contribution is 2.39. The zero-order valence-corrected chi connectivity index (χ0v) is 11.5. The van der Waals surface area contributed by atoms with Gasteiger partial charge in [-0.05, 0) is 29.3 Å². The van der Waals surface area contributed by atoms with Crippen molar-refractivity contribution in [3.05, 3.63) is 53.3 Å². The van der Waals surface area contributed by atoms with E-state index in [0.29, 0.717) is 6.07 Å². The van der Waals surface area contributed by atoms with Gasteiger partial charge in [0.2, 0.25) is 0 Å². The van der Waals surface area contributed by atoms with Gasteiger partial charge in [-0.3, -0.25) is 4.98 Å². The summed E-state index contributed by atoms with van der Waals surface area (Å²) in [5.74, 6) is -0.281. The SMILES string of the molecule is FC(F)(F)c1cccc(-c2c(CCl)ccnc2C(F)(F)F)c1. The molecule has 0 unspecified atom stereocenters. The van der Waals surface area contributed by atoms with Crippen LogP contribution in [0.5, 0.6) is 0 Å². The third kappa shape index (κ3) is 3.35. The van der Waals surface area contributed by atoms with Gasteiger partial charge in [-0.1, -0.05) is 12.1 Å². The molecule has 1 aromatic carbocycles. The molecule has 0 amide bonds. The average molecular weight is 340 g/mol. The molecule has 1 aromatic heterocycles. The molecule has 0 saturated carbocycles. The van der Waals surface area contributed by atoms with E-state index in [1.54, 1.807) is 0 Å². The number of hydrogen-bond donors (Lipinski definition) is 0. The first-order valence-electron chi connectivity index (χ1n) is 5.93. The molecular weight excluding hydrogens is 332 g/mol. The summed E-state index contributed by atoms with van der Waals surface area (Å²) in [6, 6.07) is 4.90. The molecule has 1 nitrogen and oxygen atoms in total. The van der Waals surface area contributed by atoms with Crippen molar-refractivity contribution in [2.75, 3.05) is 0 Å². The van der Waals surface area contributed by atoms with Crippen molar-refractivity contribution < 1.29 is 26.3 Å². The maximum Gasteiger partial charge on any atom is 0.433 e. The second-order valence-corrected chi connectivity index (χ2v) is 4.67. The Kier molecular flexibility index (Phi) is 4.37. The van der Waals surface area contributed by atoms with E-state index in [4.69, 9.17) is 11.6 Å². The Morgan fingerprint density at radius 3 is 2.18 bits per heavy atom. The molecule has 0 aliphatic heterocycles. The highest BCUT2D eigenvalue weighted by atomic mass is 35.5. The van der Waals surface area contributed by atoms with Gasteiger partial charge in [0.15, 0.2) is 5.69 Å². The molecule has 8 heteroatoms. The van der Waals surface area contributed by atoms with Crippen LogP contribution >= 0.6 is 11.6 Å². The van der Waals surface area contributed by atoms with Crippen LogP contribution in [-0.2, 0) is 18.2 Å². The number of aromatic nitrogens is 1. The molecule has 118 valence electrons. The Balaban J connectivity index is 2.71. The molecule has 2 rings (SSSR count). The van der Waals surface area contributed by atoms with Crippen LogP contribution in [0.15, 0.2) is 36.5 Å². The number of hydrogen-bond acceptors (Lipinski definition) is 1. The predicted octanol–water partition coefficient (Wildman–Crippen LogP) is 5.53. The number of alkyl halides is 7. The van der Waals surface area contributed by atoms with Crippen LogP contribution in [0.2, 0.25) is 0 Å². The fourth-order valence-corrected chi connectivity index (χ4v) is 2.22. The molecule has 22 heavy (non-hydrogen) atoms.